The maximum Gasteiger partial charge on any atom is 0.333 e. The minimum Gasteiger partial charge on any atom is -0.378 e. The molecule has 6 nitrogen and oxygen atoms in total. The van der Waals surface area contributed by atoms with Crippen LogP contribution in [0, 0.1) is 28.7 Å². The number of hydrogen-bond acceptors (Lipinski definition) is 4. The molecule has 2 N–H and O–H groups in total. The molecule has 0 unspecified atom stereocenters. The van der Waals surface area contributed by atoms with Crippen LogP contribution in [-0.4, -0.2) is 14.7 Å². The van der Waals surface area contributed by atoms with E-state index in [1.807, 2.05) is 0 Å². The van der Waals surface area contributed by atoms with Gasteiger partial charge in [0.05, 0.1) is 11.5 Å². The number of hydrogen-bond donors (Lipinski definition) is 1. The van der Waals surface area contributed by atoms with Crippen LogP contribution in [0.3, 0.4) is 0 Å². The van der Waals surface area contributed by atoms with Gasteiger partial charge in [-0.3, -0.25) is 10.1 Å². The molecule has 2 rings (SSSR count). The summed E-state index contributed by atoms with van der Waals surface area (Å²) in [6.07, 6.45) is 0. The molecule has 0 aliphatic carbocycles. The molecule has 0 aliphatic rings. The molecule has 0 spiro atoms. The van der Waals surface area contributed by atoms with Crippen LogP contribution in [0.25, 0.3) is 0 Å². The van der Waals surface area contributed by atoms with Gasteiger partial charge in [0.1, 0.15) is 17.3 Å². The van der Waals surface area contributed by atoms with Crippen molar-refractivity contribution in [1.82, 2.24) is 9.78 Å². The van der Waals surface area contributed by atoms with E-state index in [2.05, 4.69) is 5.10 Å². The molecule has 2 aromatic rings. The highest BCUT2D eigenvalue weighted by molar-refractivity contribution is 5.56. The molecular weight excluding hydrogens is 258 g/mol. The molecule has 1 aromatic heterocycles. The first-order valence-corrected chi connectivity index (χ1v) is 5.30. The maximum atomic E-state index is 13.0. The maximum absolute atomic E-state index is 13.0. The van der Waals surface area contributed by atoms with Crippen LogP contribution in [0.4, 0.5) is 20.3 Å². The summed E-state index contributed by atoms with van der Waals surface area (Å²) in [6, 6.07) is 2.97. The van der Waals surface area contributed by atoms with Gasteiger partial charge >= 0.3 is 5.69 Å². The van der Waals surface area contributed by atoms with Gasteiger partial charge in [-0.1, -0.05) is 0 Å². The predicted molar refractivity (Wildman–Crippen MR) is 63.5 cm³/mol. The number of aromatic nitrogens is 2. The number of nitrogens with zero attached hydrogens (tertiary/aromatic N) is 3. The van der Waals surface area contributed by atoms with E-state index in [1.54, 1.807) is 0 Å². The smallest absolute Gasteiger partial charge is 0.333 e. The van der Waals surface area contributed by atoms with Crippen molar-refractivity contribution >= 4 is 11.5 Å². The lowest BCUT2D eigenvalue weighted by molar-refractivity contribution is -0.384. The molecule has 19 heavy (non-hydrogen) atoms. The molecule has 0 bridgehead atoms. The summed E-state index contributed by atoms with van der Waals surface area (Å²) in [5.41, 5.74) is 5.74. The Morgan fingerprint density at radius 1 is 1.37 bits per heavy atom. The van der Waals surface area contributed by atoms with Gasteiger partial charge < -0.3 is 5.73 Å². The summed E-state index contributed by atoms with van der Waals surface area (Å²) in [5, 5.41) is 14.7. The van der Waals surface area contributed by atoms with E-state index in [1.165, 1.54) is 6.92 Å². The number of nitrogen functional groups attached to an aromatic ring is 1. The van der Waals surface area contributed by atoms with Gasteiger partial charge in [-0.05, 0) is 24.6 Å². The number of rotatable bonds is 3. The number of aryl methyl sites for hydroxylation is 1. The average molecular weight is 268 g/mol. The predicted octanol–water partition coefficient (Wildman–Crippen LogP) is 2.01. The summed E-state index contributed by atoms with van der Waals surface area (Å²) in [6.45, 7) is 1.40. The Kier molecular flexibility index (Phi) is 3.16. The summed E-state index contributed by atoms with van der Waals surface area (Å²) < 4.78 is 27.2. The van der Waals surface area contributed by atoms with Crippen molar-refractivity contribution in [2.75, 3.05) is 5.73 Å². The lowest BCUT2D eigenvalue weighted by Gasteiger charge is -2.04. The molecule has 0 amide bonds. The zero-order valence-electron chi connectivity index (χ0n) is 9.93. The van der Waals surface area contributed by atoms with Crippen LogP contribution in [0.1, 0.15) is 11.3 Å². The third-order valence-corrected chi connectivity index (χ3v) is 2.57. The molecule has 0 radical (unpaired) electrons. The second-order valence-corrected chi connectivity index (χ2v) is 4.01. The van der Waals surface area contributed by atoms with Gasteiger partial charge in [0.15, 0.2) is 0 Å². The molecule has 1 heterocycles. The van der Waals surface area contributed by atoms with Crippen molar-refractivity contribution in [3.8, 4) is 0 Å². The van der Waals surface area contributed by atoms with E-state index >= 15 is 0 Å². The molecule has 100 valence electrons. The van der Waals surface area contributed by atoms with Gasteiger partial charge in [-0.25, -0.2) is 13.5 Å². The largest absolute Gasteiger partial charge is 0.378 e. The molecule has 0 saturated heterocycles. The topological polar surface area (TPSA) is 87.0 Å². The number of anilines is 1. The fraction of sp³-hybridized carbons (Fsp3) is 0.182. The van der Waals surface area contributed by atoms with Crippen LogP contribution < -0.4 is 5.73 Å². The van der Waals surface area contributed by atoms with Crippen LogP contribution in [-0.2, 0) is 6.54 Å². The quantitative estimate of drug-likeness (QED) is 0.681. The first-order valence-electron chi connectivity index (χ1n) is 5.30. The van der Waals surface area contributed by atoms with Crippen LogP contribution >= 0.6 is 0 Å². The Morgan fingerprint density at radius 3 is 2.42 bits per heavy atom. The van der Waals surface area contributed by atoms with Crippen LogP contribution in [0.5, 0.6) is 0 Å². The number of benzene rings is 1. The van der Waals surface area contributed by atoms with Crippen molar-refractivity contribution in [1.29, 1.82) is 0 Å². The van der Waals surface area contributed by atoms with Gasteiger partial charge in [0.2, 0.25) is 5.82 Å². The molecule has 0 saturated carbocycles. The molecule has 0 atom stereocenters. The van der Waals surface area contributed by atoms with Crippen molar-refractivity contribution in [2.45, 2.75) is 13.5 Å². The van der Waals surface area contributed by atoms with E-state index in [0.29, 0.717) is 0 Å². The van der Waals surface area contributed by atoms with Gasteiger partial charge in [0.25, 0.3) is 0 Å². The lowest BCUT2D eigenvalue weighted by atomic mass is 10.2. The Morgan fingerprint density at radius 2 is 1.95 bits per heavy atom. The molecule has 0 fully saturated rings. The second-order valence-electron chi connectivity index (χ2n) is 4.01. The van der Waals surface area contributed by atoms with Gasteiger partial charge in [-0.2, -0.15) is 5.10 Å². The van der Waals surface area contributed by atoms with Gasteiger partial charge in [-0.15, -0.1) is 0 Å². The number of nitro groups is 1. The van der Waals surface area contributed by atoms with E-state index in [4.69, 9.17) is 5.73 Å². The summed E-state index contributed by atoms with van der Waals surface area (Å²) in [7, 11) is 0. The minimum absolute atomic E-state index is 0.0464. The standard InChI is InChI=1S/C11H10F2N4O2/c1-6-10(17(18)19)11(14)16(15-6)5-7-2-8(12)4-9(13)3-7/h2-4H,5,14H2,1H3. The fourth-order valence-corrected chi connectivity index (χ4v) is 1.81. The summed E-state index contributed by atoms with van der Waals surface area (Å²) >= 11 is 0. The van der Waals surface area contributed by atoms with Crippen LogP contribution in [0.2, 0.25) is 0 Å². The monoisotopic (exact) mass is 268 g/mol. The zero-order chi connectivity index (χ0) is 14.2. The highest BCUT2D eigenvalue weighted by Crippen LogP contribution is 2.25. The Bertz CT molecular complexity index is 634. The molecular formula is C11H10F2N4O2. The highest BCUT2D eigenvalue weighted by atomic mass is 19.1. The molecule has 8 heteroatoms. The summed E-state index contributed by atoms with van der Waals surface area (Å²) in [5.74, 6) is -1.61. The Hall–Kier alpha value is -2.51. The normalized spacial score (nSPS) is 10.7. The van der Waals surface area contributed by atoms with E-state index in [0.717, 1.165) is 22.9 Å². The first kappa shape index (κ1) is 12.9. The number of nitrogens with two attached hydrogens (primary N) is 1. The first-order chi connectivity index (χ1) is 8.88. The molecule has 0 aliphatic heterocycles. The number of halogens is 2. The Labute approximate surface area is 106 Å². The van der Waals surface area contributed by atoms with Gasteiger partial charge in [0, 0.05) is 6.07 Å². The minimum atomic E-state index is -0.730. The Balaban J connectivity index is 2.39. The summed E-state index contributed by atoms with van der Waals surface area (Å²) in [4.78, 5) is 10.1. The second kappa shape index (κ2) is 4.63. The zero-order valence-corrected chi connectivity index (χ0v) is 9.93. The van der Waals surface area contributed by atoms with Crippen molar-refractivity contribution in [3.63, 3.8) is 0 Å². The van der Waals surface area contributed by atoms with E-state index < -0.39 is 16.6 Å². The third kappa shape index (κ3) is 2.51. The average Bonchev–Trinajstić information content (AvgIpc) is 2.52. The fourth-order valence-electron chi connectivity index (χ4n) is 1.81. The van der Waals surface area contributed by atoms with E-state index in [9.17, 15) is 18.9 Å². The lowest BCUT2D eigenvalue weighted by Crippen LogP contribution is -2.07. The van der Waals surface area contributed by atoms with Crippen molar-refractivity contribution in [3.05, 3.63) is 51.2 Å². The third-order valence-electron chi connectivity index (χ3n) is 2.57. The SMILES string of the molecule is Cc1nn(Cc2cc(F)cc(F)c2)c(N)c1[N+](=O)[O-]. The van der Waals surface area contributed by atoms with Crippen LogP contribution in [0.15, 0.2) is 18.2 Å². The molecule has 1 aromatic carbocycles. The highest BCUT2D eigenvalue weighted by Gasteiger charge is 2.22. The van der Waals surface area contributed by atoms with E-state index in [-0.39, 0.29) is 29.3 Å². The van der Waals surface area contributed by atoms with Crippen molar-refractivity contribution in [2.24, 2.45) is 0 Å². The van der Waals surface area contributed by atoms with Crippen molar-refractivity contribution < 1.29 is 13.7 Å².